The Bertz CT molecular complexity index is 1270. The summed E-state index contributed by atoms with van der Waals surface area (Å²) >= 11 is 0. The fourth-order valence-electron chi connectivity index (χ4n) is 4.97. The van der Waals surface area contributed by atoms with Gasteiger partial charge in [0.05, 0.1) is 18.7 Å². The first-order valence-electron chi connectivity index (χ1n) is 13.2. The molecule has 8 heteroatoms. The second-order valence-corrected chi connectivity index (χ2v) is 9.65. The van der Waals surface area contributed by atoms with E-state index in [1.807, 2.05) is 49.4 Å². The van der Waals surface area contributed by atoms with Crippen molar-refractivity contribution in [3.8, 4) is 11.3 Å². The van der Waals surface area contributed by atoms with Crippen LogP contribution in [0.3, 0.4) is 0 Å². The van der Waals surface area contributed by atoms with Crippen LogP contribution in [0.2, 0.25) is 0 Å². The summed E-state index contributed by atoms with van der Waals surface area (Å²) in [5.74, 6) is 0.841. The van der Waals surface area contributed by atoms with Gasteiger partial charge < -0.3 is 20.0 Å². The maximum atomic E-state index is 12.9. The molecule has 2 amide bonds. The summed E-state index contributed by atoms with van der Waals surface area (Å²) in [6.45, 7) is 10.4. The molecule has 2 aromatic carbocycles. The van der Waals surface area contributed by atoms with Crippen molar-refractivity contribution in [3.63, 3.8) is 0 Å². The van der Waals surface area contributed by atoms with Gasteiger partial charge in [-0.25, -0.2) is 0 Å². The van der Waals surface area contributed by atoms with Gasteiger partial charge in [0.25, 0.3) is 5.91 Å². The Balaban J connectivity index is 1.30. The summed E-state index contributed by atoms with van der Waals surface area (Å²) in [6.07, 6.45) is 1.23. The number of anilines is 2. The fourth-order valence-corrected chi connectivity index (χ4v) is 4.97. The van der Waals surface area contributed by atoms with Crippen LogP contribution < -0.4 is 15.1 Å². The lowest BCUT2D eigenvalue weighted by Gasteiger charge is -2.34. The van der Waals surface area contributed by atoms with Crippen LogP contribution in [0.15, 0.2) is 54.6 Å². The Morgan fingerprint density at radius 1 is 0.973 bits per heavy atom. The van der Waals surface area contributed by atoms with Gasteiger partial charge in [-0.3, -0.25) is 9.59 Å². The second kappa shape index (κ2) is 11.1. The van der Waals surface area contributed by atoms with Gasteiger partial charge >= 0.3 is 0 Å². The third kappa shape index (κ3) is 5.49. The zero-order valence-electron chi connectivity index (χ0n) is 21.6. The monoisotopic (exact) mass is 498 g/mol. The number of likely N-dealkylation sites (N-methyl/N-ethyl adjacent to an activating group) is 1. The summed E-state index contributed by atoms with van der Waals surface area (Å²) in [5.41, 5.74) is 5.11. The first-order valence-corrected chi connectivity index (χ1v) is 13.2. The van der Waals surface area contributed by atoms with E-state index in [-0.39, 0.29) is 11.8 Å². The molecule has 3 heterocycles. The number of nitrogens with one attached hydrogen (secondary N) is 1. The number of rotatable bonds is 8. The van der Waals surface area contributed by atoms with Gasteiger partial charge in [0.15, 0.2) is 5.82 Å². The Hall–Kier alpha value is -3.78. The molecule has 8 nitrogen and oxygen atoms in total. The Morgan fingerprint density at radius 2 is 1.81 bits per heavy atom. The number of amides is 2. The number of hydrogen-bond acceptors (Lipinski definition) is 6. The van der Waals surface area contributed by atoms with Gasteiger partial charge in [0.1, 0.15) is 0 Å². The molecule has 0 saturated carbocycles. The molecule has 0 unspecified atom stereocenters. The molecule has 5 rings (SSSR count). The average molecular weight is 499 g/mol. The maximum absolute atomic E-state index is 12.9. The van der Waals surface area contributed by atoms with Gasteiger partial charge in [-0.2, -0.15) is 0 Å². The summed E-state index contributed by atoms with van der Waals surface area (Å²) in [6, 6.07) is 17.7. The van der Waals surface area contributed by atoms with Crippen LogP contribution in [0.25, 0.3) is 11.3 Å². The second-order valence-electron chi connectivity index (χ2n) is 9.65. The topological polar surface area (TPSA) is 81.7 Å². The van der Waals surface area contributed by atoms with E-state index in [0.29, 0.717) is 25.1 Å². The molecule has 0 radical (unpaired) electrons. The number of carbonyl (C=O) groups is 2. The van der Waals surface area contributed by atoms with E-state index in [1.54, 1.807) is 11.0 Å². The van der Waals surface area contributed by atoms with Crippen LogP contribution in [0.1, 0.15) is 41.8 Å². The van der Waals surface area contributed by atoms with E-state index in [4.69, 9.17) is 0 Å². The van der Waals surface area contributed by atoms with Crippen LogP contribution in [-0.4, -0.2) is 66.2 Å². The molecule has 0 bridgehead atoms. The van der Waals surface area contributed by atoms with Crippen molar-refractivity contribution in [1.82, 2.24) is 20.4 Å². The predicted molar refractivity (Wildman–Crippen MR) is 146 cm³/mol. The molecule has 1 fully saturated rings. The molecular weight excluding hydrogens is 464 g/mol. The average Bonchev–Trinajstić information content (AvgIpc) is 3.25. The zero-order chi connectivity index (χ0) is 25.8. The van der Waals surface area contributed by atoms with E-state index in [0.717, 1.165) is 73.0 Å². The van der Waals surface area contributed by atoms with Crippen LogP contribution in [0, 0.1) is 0 Å². The molecule has 192 valence electrons. The number of fused-ring (bicyclic) bond motifs is 1. The minimum absolute atomic E-state index is 0.0406. The van der Waals surface area contributed by atoms with E-state index < -0.39 is 0 Å². The van der Waals surface area contributed by atoms with Crippen molar-refractivity contribution in [2.45, 2.75) is 33.2 Å². The molecule has 3 aromatic rings. The van der Waals surface area contributed by atoms with E-state index in [9.17, 15) is 9.59 Å². The van der Waals surface area contributed by atoms with E-state index in [2.05, 4.69) is 38.3 Å². The van der Waals surface area contributed by atoms with E-state index in [1.165, 1.54) is 0 Å². The smallest absolute Gasteiger partial charge is 0.251 e. The molecule has 1 N–H and O–H groups in total. The van der Waals surface area contributed by atoms with Gasteiger partial charge in [-0.15, -0.1) is 10.2 Å². The number of aromatic nitrogens is 2. The van der Waals surface area contributed by atoms with Gasteiger partial charge in [-0.05, 0) is 54.4 Å². The third-order valence-corrected chi connectivity index (χ3v) is 7.17. The largest absolute Gasteiger partial charge is 0.353 e. The van der Waals surface area contributed by atoms with Crippen LogP contribution in [-0.2, 0) is 17.8 Å². The molecule has 37 heavy (non-hydrogen) atoms. The lowest BCUT2D eigenvalue weighted by molar-refractivity contribution is -0.117. The predicted octanol–water partition coefficient (Wildman–Crippen LogP) is 3.51. The highest BCUT2D eigenvalue weighted by Gasteiger charge is 2.28. The molecule has 0 aliphatic carbocycles. The van der Waals surface area contributed by atoms with Gasteiger partial charge in [0.2, 0.25) is 5.91 Å². The Labute approximate surface area is 218 Å². The number of carbonyl (C=O) groups excluding carboxylic acids is 2. The van der Waals surface area contributed by atoms with E-state index >= 15 is 0 Å². The summed E-state index contributed by atoms with van der Waals surface area (Å²) in [7, 11) is 0. The molecule has 2 aliphatic rings. The molecule has 1 aromatic heterocycles. The normalized spacial score (nSPS) is 15.7. The van der Waals surface area contributed by atoms with Crippen LogP contribution >= 0.6 is 0 Å². The highest BCUT2D eigenvalue weighted by molar-refractivity contribution is 6.03. The van der Waals surface area contributed by atoms with Gasteiger partial charge in [-0.1, -0.05) is 38.1 Å². The number of hydrogen-bond donors (Lipinski definition) is 1. The third-order valence-electron chi connectivity index (χ3n) is 7.17. The van der Waals surface area contributed by atoms with Crippen molar-refractivity contribution in [3.05, 3.63) is 71.3 Å². The Morgan fingerprint density at radius 3 is 2.54 bits per heavy atom. The fraction of sp³-hybridized carbons (Fsp3) is 0.379. The highest BCUT2D eigenvalue weighted by atomic mass is 16.2. The molecule has 0 atom stereocenters. The molecule has 1 saturated heterocycles. The standard InChI is InChI=1S/C29H34N6O2/c1-3-12-30-29(37)24-9-8-23-19-28(36)35(26(23)18-24)20-21-6-5-7-22(17-21)25-10-11-27(32-31-25)34-15-13-33(4-2)14-16-34/h5-11,17-18H,3-4,12-16,19-20H2,1-2H3,(H,30,37). The zero-order valence-corrected chi connectivity index (χ0v) is 21.6. The highest BCUT2D eigenvalue weighted by Crippen LogP contribution is 2.32. The minimum Gasteiger partial charge on any atom is -0.353 e. The van der Waals surface area contributed by atoms with Crippen molar-refractivity contribution in [2.75, 3.05) is 49.1 Å². The first kappa shape index (κ1) is 24.9. The van der Waals surface area contributed by atoms with Crippen molar-refractivity contribution in [2.24, 2.45) is 0 Å². The summed E-state index contributed by atoms with van der Waals surface area (Å²) < 4.78 is 0. The minimum atomic E-state index is -0.111. The number of benzene rings is 2. The maximum Gasteiger partial charge on any atom is 0.251 e. The first-order chi connectivity index (χ1) is 18.1. The lowest BCUT2D eigenvalue weighted by Crippen LogP contribution is -2.46. The van der Waals surface area contributed by atoms with Gasteiger partial charge in [0, 0.05) is 49.5 Å². The van der Waals surface area contributed by atoms with Crippen molar-refractivity contribution < 1.29 is 9.59 Å². The molecular formula is C29H34N6O2. The summed E-state index contributed by atoms with van der Waals surface area (Å²) in [5, 5.41) is 11.9. The van der Waals surface area contributed by atoms with Crippen LogP contribution in [0.4, 0.5) is 11.5 Å². The molecule has 2 aliphatic heterocycles. The summed E-state index contributed by atoms with van der Waals surface area (Å²) in [4.78, 5) is 31.8. The van der Waals surface area contributed by atoms with Crippen molar-refractivity contribution in [1.29, 1.82) is 0 Å². The lowest BCUT2D eigenvalue weighted by atomic mass is 10.1. The van der Waals surface area contributed by atoms with Crippen molar-refractivity contribution >= 4 is 23.3 Å². The SMILES string of the molecule is CCCNC(=O)c1ccc2c(c1)N(Cc1cccc(-c3ccc(N4CCN(CC)CC4)nn3)c1)C(=O)C2. The molecule has 0 spiro atoms. The quantitative estimate of drug-likeness (QED) is 0.512. The number of piperazine rings is 1. The Kier molecular flexibility index (Phi) is 7.46. The number of nitrogens with zero attached hydrogens (tertiary/aromatic N) is 5. The van der Waals surface area contributed by atoms with Crippen LogP contribution in [0.5, 0.6) is 0 Å².